The second-order valence-electron chi connectivity index (χ2n) is 16.0. The van der Waals surface area contributed by atoms with Crippen LogP contribution in [0.4, 0.5) is 0 Å². The van der Waals surface area contributed by atoms with Gasteiger partial charge in [0.1, 0.15) is 0 Å². The number of rotatable bonds is 42. The van der Waals surface area contributed by atoms with Crippen molar-refractivity contribution in [3.8, 4) is 0 Å². The van der Waals surface area contributed by atoms with E-state index in [1.54, 1.807) is 6.08 Å². The molecule has 0 bridgehead atoms. The predicted molar refractivity (Wildman–Crippen MR) is 236 cm³/mol. The number of carbonyl (C=O) groups is 1. The van der Waals surface area contributed by atoms with Crippen molar-refractivity contribution in [2.45, 2.75) is 250 Å². The van der Waals surface area contributed by atoms with Gasteiger partial charge in [0, 0.05) is 0 Å². The fourth-order valence-corrected chi connectivity index (χ4v) is 6.95. The molecule has 0 aromatic rings. The Balaban J connectivity index is 3.62. The van der Waals surface area contributed by atoms with Gasteiger partial charge in [-0.05, 0) is 70.6 Å². The van der Waals surface area contributed by atoms with Gasteiger partial charge in [-0.15, -0.1) is 0 Å². The molecule has 0 saturated carbocycles. The molecule has 5 nitrogen and oxygen atoms in total. The lowest BCUT2D eigenvalue weighted by atomic mass is 10.0. The molecule has 316 valence electrons. The van der Waals surface area contributed by atoms with Crippen LogP contribution in [0.15, 0.2) is 48.6 Å². The second-order valence-corrected chi connectivity index (χ2v) is 16.0. The number of hydrogen-bond donors (Lipinski definition) is 4. The van der Waals surface area contributed by atoms with Crippen molar-refractivity contribution < 1.29 is 20.1 Å². The molecule has 0 rings (SSSR count). The molecular formula is C49H91NO4. The first-order valence-corrected chi connectivity index (χ1v) is 23.4. The van der Waals surface area contributed by atoms with Gasteiger partial charge < -0.3 is 20.6 Å². The topological polar surface area (TPSA) is 89.8 Å². The quantitative estimate of drug-likeness (QED) is 0.0369. The van der Waals surface area contributed by atoms with Crippen molar-refractivity contribution in [2.75, 3.05) is 6.61 Å². The molecule has 0 spiro atoms. The van der Waals surface area contributed by atoms with Gasteiger partial charge in [-0.2, -0.15) is 0 Å². The third-order valence-corrected chi connectivity index (χ3v) is 10.6. The first-order chi connectivity index (χ1) is 26.5. The van der Waals surface area contributed by atoms with Crippen molar-refractivity contribution in [3.63, 3.8) is 0 Å². The van der Waals surface area contributed by atoms with E-state index in [0.29, 0.717) is 6.42 Å². The lowest BCUT2D eigenvalue weighted by Crippen LogP contribution is -2.45. The van der Waals surface area contributed by atoms with E-state index in [4.69, 9.17) is 0 Å². The molecule has 0 aromatic carbocycles. The van der Waals surface area contributed by atoms with Crippen molar-refractivity contribution in [2.24, 2.45) is 0 Å². The summed E-state index contributed by atoms with van der Waals surface area (Å²) in [5, 5.41) is 33.2. The van der Waals surface area contributed by atoms with Crippen LogP contribution in [0.2, 0.25) is 0 Å². The molecule has 3 atom stereocenters. The number of amides is 1. The van der Waals surface area contributed by atoms with Crippen LogP contribution in [0, 0.1) is 0 Å². The third kappa shape index (κ3) is 40.0. The minimum atomic E-state index is -0.960. The summed E-state index contributed by atoms with van der Waals surface area (Å²) >= 11 is 0. The van der Waals surface area contributed by atoms with Crippen LogP contribution in [-0.2, 0) is 4.79 Å². The van der Waals surface area contributed by atoms with Crippen molar-refractivity contribution >= 4 is 5.91 Å². The Morgan fingerprint density at radius 1 is 0.463 bits per heavy atom. The number of aliphatic hydroxyl groups is 3. The maximum atomic E-state index is 12.4. The zero-order valence-corrected chi connectivity index (χ0v) is 35.8. The van der Waals surface area contributed by atoms with Crippen molar-refractivity contribution in [1.29, 1.82) is 0 Å². The van der Waals surface area contributed by atoms with Crippen molar-refractivity contribution in [3.05, 3.63) is 48.6 Å². The molecule has 54 heavy (non-hydrogen) atoms. The van der Waals surface area contributed by atoms with Gasteiger partial charge in [0.05, 0.1) is 31.3 Å². The summed E-state index contributed by atoms with van der Waals surface area (Å²) in [7, 11) is 0. The Morgan fingerprint density at radius 3 is 1.22 bits per heavy atom. The largest absolute Gasteiger partial charge is 0.394 e. The lowest BCUT2D eigenvalue weighted by Gasteiger charge is -2.21. The normalized spacial score (nSPS) is 13.9. The first kappa shape index (κ1) is 52.3. The van der Waals surface area contributed by atoms with E-state index in [-0.39, 0.29) is 18.9 Å². The van der Waals surface area contributed by atoms with Crippen LogP contribution < -0.4 is 5.32 Å². The molecule has 3 unspecified atom stereocenters. The minimum absolute atomic E-state index is 0.000882. The zero-order chi connectivity index (χ0) is 39.4. The van der Waals surface area contributed by atoms with Gasteiger partial charge in [0.2, 0.25) is 5.91 Å². The average Bonchev–Trinajstić information content (AvgIpc) is 3.16. The molecule has 0 aliphatic carbocycles. The highest BCUT2D eigenvalue weighted by atomic mass is 16.3. The Hall–Kier alpha value is -1.69. The molecule has 0 aromatic heterocycles. The van der Waals surface area contributed by atoms with Gasteiger partial charge in [-0.25, -0.2) is 0 Å². The molecule has 0 aliphatic rings. The van der Waals surface area contributed by atoms with E-state index < -0.39 is 18.2 Å². The van der Waals surface area contributed by atoms with Gasteiger partial charge >= 0.3 is 0 Å². The van der Waals surface area contributed by atoms with Crippen molar-refractivity contribution in [1.82, 2.24) is 5.32 Å². The van der Waals surface area contributed by atoms with Gasteiger partial charge in [0.25, 0.3) is 0 Å². The Kier molecular flexibility index (Phi) is 42.7. The highest BCUT2D eigenvalue weighted by molar-refractivity contribution is 5.76. The summed E-state index contributed by atoms with van der Waals surface area (Å²) in [5.41, 5.74) is 0. The molecule has 0 fully saturated rings. The van der Waals surface area contributed by atoms with Crippen LogP contribution >= 0.6 is 0 Å². The van der Waals surface area contributed by atoms with E-state index in [9.17, 15) is 20.1 Å². The summed E-state index contributed by atoms with van der Waals surface area (Å²) in [4.78, 5) is 12.4. The minimum Gasteiger partial charge on any atom is -0.394 e. The van der Waals surface area contributed by atoms with Gasteiger partial charge in [0.15, 0.2) is 0 Å². The van der Waals surface area contributed by atoms with Gasteiger partial charge in [-0.3, -0.25) is 4.79 Å². The molecule has 0 aliphatic heterocycles. The van der Waals surface area contributed by atoms with Crippen LogP contribution in [0.25, 0.3) is 0 Å². The second kappa shape index (κ2) is 44.0. The monoisotopic (exact) mass is 758 g/mol. The summed E-state index contributed by atoms with van der Waals surface area (Å²) < 4.78 is 0. The van der Waals surface area contributed by atoms with E-state index in [2.05, 4.69) is 55.6 Å². The zero-order valence-electron chi connectivity index (χ0n) is 35.8. The molecule has 0 radical (unpaired) electrons. The fraction of sp³-hybridized carbons (Fsp3) is 0.816. The molecule has 4 N–H and O–H groups in total. The van der Waals surface area contributed by atoms with E-state index in [1.807, 2.05) is 6.08 Å². The smallest absolute Gasteiger partial charge is 0.222 e. The SMILES string of the molecule is CCCCC/C=C/CC/C=C/CC/C=C/C(O)C(CO)NC(=O)CC(O)CCCCCCCCCCCC/C=C\CCCCCCCCCCCCCC. The number of unbranched alkanes of at least 4 members (excludes halogenated alkanes) is 27. The van der Waals surface area contributed by atoms with Crippen LogP contribution in [0.3, 0.4) is 0 Å². The highest BCUT2D eigenvalue weighted by Gasteiger charge is 2.20. The Morgan fingerprint density at radius 2 is 0.796 bits per heavy atom. The van der Waals surface area contributed by atoms with Gasteiger partial charge in [-0.1, -0.05) is 204 Å². The number of hydrogen-bond acceptors (Lipinski definition) is 4. The van der Waals surface area contributed by atoms with Crippen LogP contribution in [0.5, 0.6) is 0 Å². The number of nitrogens with one attached hydrogen (secondary N) is 1. The maximum absolute atomic E-state index is 12.4. The number of aliphatic hydroxyl groups excluding tert-OH is 3. The number of allylic oxidation sites excluding steroid dienone is 7. The van der Waals surface area contributed by atoms with Crippen LogP contribution in [0.1, 0.15) is 232 Å². The summed E-state index contributed by atoms with van der Waals surface area (Å²) in [5.74, 6) is -0.331. The molecular weight excluding hydrogens is 667 g/mol. The van der Waals surface area contributed by atoms with Crippen LogP contribution in [-0.4, -0.2) is 46.1 Å². The predicted octanol–water partition coefficient (Wildman–Crippen LogP) is 13.7. The molecule has 0 saturated heterocycles. The Labute approximate surface area is 336 Å². The van der Waals surface area contributed by atoms with E-state index >= 15 is 0 Å². The Bertz CT molecular complexity index is 881. The van der Waals surface area contributed by atoms with E-state index in [1.165, 1.54) is 167 Å². The summed E-state index contributed by atoms with van der Waals surface area (Å²) in [6.45, 7) is 4.17. The standard InChI is InChI=1S/C49H91NO4/c1-3-5-7-9-11-13-15-17-18-19-20-21-22-23-24-25-26-27-28-29-31-32-34-36-38-40-42-46(52)44-49(54)50-47(45-51)48(53)43-41-39-37-35-33-30-16-14-12-10-8-6-4-2/h12,14,23-24,33,35,41,43,46-48,51-53H,3-11,13,15-22,25-32,34,36-40,42,44-45H2,1-2H3,(H,50,54)/b14-12+,24-23-,35-33+,43-41+. The maximum Gasteiger partial charge on any atom is 0.222 e. The summed E-state index contributed by atoms with van der Waals surface area (Å²) in [6, 6.07) is -0.767. The van der Waals surface area contributed by atoms with E-state index in [0.717, 1.165) is 38.5 Å². The molecule has 1 amide bonds. The summed E-state index contributed by atoms with van der Waals surface area (Å²) in [6.07, 6.45) is 57.0. The lowest BCUT2D eigenvalue weighted by molar-refractivity contribution is -0.124. The third-order valence-electron chi connectivity index (χ3n) is 10.6. The highest BCUT2D eigenvalue weighted by Crippen LogP contribution is 2.15. The fourth-order valence-electron chi connectivity index (χ4n) is 6.95. The number of carbonyl (C=O) groups excluding carboxylic acids is 1. The first-order valence-electron chi connectivity index (χ1n) is 23.4. The molecule has 5 heteroatoms. The molecule has 0 heterocycles. The average molecular weight is 758 g/mol.